The van der Waals surface area contributed by atoms with E-state index < -0.39 is 0 Å². The Morgan fingerprint density at radius 3 is 2.40 bits per heavy atom. The number of benzene rings is 1. The normalized spacial score (nSPS) is 10.2. The zero-order valence-corrected chi connectivity index (χ0v) is 13.5. The minimum Gasteiger partial charge on any atom is -0.357 e. The number of halogens is 1. The second-order valence-corrected chi connectivity index (χ2v) is 5.37. The summed E-state index contributed by atoms with van der Waals surface area (Å²) in [5.41, 5.74) is 2.09. The fourth-order valence-corrected chi connectivity index (χ4v) is 1.91. The molecule has 6 nitrogen and oxygen atoms in total. The van der Waals surface area contributed by atoms with Gasteiger partial charge in [-0.05, 0) is 24.6 Å². The highest BCUT2D eigenvalue weighted by Crippen LogP contribution is 2.23. The van der Waals surface area contributed by atoms with Gasteiger partial charge in [-0.25, -0.2) is 0 Å². The molecule has 20 heavy (non-hydrogen) atoms. The van der Waals surface area contributed by atoms with Gasteiger partial charge in [0.15, 0.2) is 0 Å². The fourth-order valence-electron chi connectivity index (χ4n) is 1.53. The number of rotatable bonds is 4. The van der Waals surface area contributed by atoms with E-state index in [1.165, 1.54) is 5.56 Å². The van der Waals surface area contributed by atoms with Crippen LogP contribution in [-0.4, -0.2) is 36.1 Å². The Morgan fingerprint density at radius 1 is 1.10 bits per heavy atom. The molecule has 2 N–H and O–H groups in total. The smallest absolute Gasteiger partial charge is 0.233 e. The summed E-state index contributed by atoms with van der Waals surface area (Å²) >= 11 is 3.51. The van der Waals surface area contributed by atoms with E-state index >= 15 is 0 Å². The zero-order chi connectivity index (χ0) is 14.7. The van der Waals surface area contributed by atoms with Crippen molar-refractivity contribution >= 4 is 39.5 Å². The van der Waals surface area contributed by atoms with E-state index in [1.807, 2.05) is 44.1 Å². The number of anilines is 4. The molecule has 0 atom stereocenters. The molecule has 0 saturated heterocycles. The number of nitrogens with zero attached hydrogens (tertiary/aromatic N) is 4. The van der Waals surface area contributed by atoms with Gasteiger partial charge in [-0.15, -0.1) is 0 Å². The largest absolute Gasteiger partial charge is 0.357 e. The van der Waals surface area contributed by atoms with Crippen LogP contribution in [0.5, 0.6) is 0 Å². The van der Waals surface area contributed by atoms with Crippen LogP contribution in [0.15, 0.2) is 22.7 Å². The molecular formula is C13H17BrN6. The number of nitrogens with one attached hydrogen (secondary N) is 2. The SMILES string of the molecule is CNc1nc(Nc2ccc(C)c(Br)c2)nc(N(C)C)n1. The average Bonchev–Trinajstić information content (AvgIpc) is 2.42. The van der Waals surface area contributed by atoms with Crippen LogP contribution >= 0.6 is 15.9 Å². The highest BCUT2D eigenvalue weighted by molar-refractivity contribution is 9.10. The Morgan fingerprint density at radius 2 is 1.80 bits per heavy atom. The standard InChI is InChI=1S/C13H17BrN6/c1-8-5-6-9(7-10(8)14)16-12-17-11(15-2)18-13(19-12)20(3)4/h5-7H,1-4H3,(H2,15,16,17,18,19). The summed E-state index contributed by atoms with van der Waals surface area (Å²) < 4.78 is 1.04. The highest BCUT2D eigenvalue weighted by Gasteiger charge is 2.08. The first-order valence-corrected chi connectivity index (χ1v) is 6.93. The number of aromatic nitrogens is 3. The van der Waals surface area contributed by atoms with Crippen molar-refractivity contribution in [3.63, 3.8) is 0 Å². The van der Waals surface area contributed by atoms with Crippen molar-refractivity contribution in [3.8, 4) is 0 Å². The molecule has 0 radical (unpaired) electrons. The van der Waals surface area contributed by atoms with Crippen LogP contribution in [0.2, 0.25) is 0 Å². The van der Waals surface area contributed by atoms with Crippen molar-refractivity contribution in [1.82, 2.24) is 15.0 Å². The van der Waals surface area contributed by atoms with Crippen molar-refractivity contribution < 1.29 is 0 Å². The summed E-state index contributed by atoms with van der Waals surface area (Å²) in [7, 11) is 5.56. The van der Waals surface area contributed by atoms with Crippen LogP contribution in [0.25, 0.3) is 0 Å². The number of aryl methyl sites for hydroxylation is 1. The maximum atomic E-state index is 4.37. The molecule has 1 aromatic heterocycles. The Kier molecular flexibility index (Phi) is 4.39. The molecule has 1 heterocycles. The second kappa shape index (κ2) is 6.04. The van der Waals surface area contributed by atoms with Crippen molar-refractivity contribution in [1.29, 1.82) is 0 Å². The summed E-state index contributed by atoms with van der Waals surface area (Å²) in [5.74, 6) is 1.62. The Balaban J connectivity index is 2.32. The van der Waals surface area contributed by atoms with Crippen molar-refractivity contribution in [2.75, 3.05) is 36.7 Å². The quantitative estimate of drug-likeness (QED) is 0.894. The lowest BCUT2D eigenvalue weighted by Crippen LogP contribution is -2.15. The lowest BCUT2D eigenvalue weighted by Gasteiger charge is -2.13. The average molecular weight is 337 g/mol. The Hall–Kier alpha value is -1.89. The first-order valence-electron chi connectivity index (χ1n) is 6.14. The van der Waals surface area contributed by atoms with Gasteiger partial charge in [0.05, 0.1) is 0 Å². The van der Waals surface area contributed by atoms with Crippen LogP contribution in [0.4, 0.5) is 23.5 Å². The first kappa shape index (κ1) is 14.5. The molecule has 106 valence electrons. The van der Waals surface area contributed by atoms with Crippen molar-refractivity contribution in [2.24, 2.45) is 0 Å². The van der Waals surface area contributed by atoms with E-state index in [2.05, 4.69) is 41.5 Å². The Labute approximate surface area is 126 Å². The molecule has 1 aromatic carbocycles. The molecule has 0 bridgehead atoms. The van der Waals surface area contributed by atoms with Crippen LogP contribution in [-0.2, 0) is 0 Å². The highest BCUT2D eigenvalue weighted by atomic mass is 79.9. The van der Waals surface area contributed by atoms with Gasteiger partial charge in [-0.2, -0.15) is 15.0 Å². The van der Waals surface area contributed by atoms with E-state index in [1.54, 1.807) is 7.05 Å². The zero-order valence-electron chi connectivity index (χ0n) is 11.9. The topological polar surface area (TPSA) is 66.0 Å². The predicted molar refractivity (Wildman–Crippen MR) is 85.9 cm³/mol. The van der Waals surface area contributed by atoms with E-state index in [0.29, 0.717) is 17.8 Å². The lowest BCUT2D eigenvalue weighted by molar-refractivity contribution is 0.963. The summed E-state index contributed by atoms with van der Waals surface area (Å²) in [6, 6.07) is 6.01. The van der Waals surface area contributed by atoms with Gasteiger partial charge in [0.25, 0.3) is 0 Å². The molecule has 0 aliphatic heterocycles. The van der Waals surface area contributed by atoms with Gasteiger partial charge < -0.3 is 15.5 Å². The van der Waals surface area contributed by atoms with Crippen LogP contribution in [0.3, 0.4) is 0 Å². The lowest BCUT2D eigenvalue weighted by atomic mass is 10.2. The van der Waals surface area contributed by atoms with Crippen molar-refractivity contribution in [2.45, 2.75) is 6.92 Å². The van der Waals surface area contributed by atoms with Gasteiger partial charge in [0.2, 0.25) is 17.8 Å². The number of hydrogen-bond donors (Lipinski definition) is 2. The van der Waals surface area contributed by atoms with E-state index in [9.17, 15) is 0 Å². The number of hydrogen-bond acceptors (Lipinski definition) is 6. The van der Waals surface area contributed by atoms with Gasteiger partial charge >= 0.3 is 0 Å². The molecule has 0 amide bonds. The summed E-state index contributed by atoms with van der Waals surface area (Å²) in [6.45, 7) is 2.04. The third kappa shape index (κ3) is 3.36. The van der Waals surface area contributed by atoms with Gasteiger partial charge in [-0.1, -0.05) is 22.0 Å². The Bertz CT molecular complexity index is 614. The fraction of sp³-hybridized carbons (Fsp3) is 0.308. The minimum atomic E-state index is 0.504. The van der Waals surface area contributed by atoms with Crippen LogP contribution in [0, 0.1) is 6.92 Å². The molecule has 2 rings (SSSR count). The van der Waals surface area contributed by atoms with E-state index in [0.717, 1.165) is 10.2 Å². The predicted octanol–water partition coefficient (Wildman–Crippen LogP) is 2.79. The third-order valence-electron chi connectivity index (χ3n) is 2.68. The third-order valence-corrected chi connectivity index (χ3v) is 3.53. The van der Waals surface area contributed by atoms with Gasteiger partial charge in [0, 0.05) is 31.3 Å². The maximum Gasteiger partial charge on any atom is 0.233 e. The maximum absolute atomic E-state index is 4.37. The first-order chi connectivity index (χ1) is 9.49. The molecule has 0 aliphatic rings. The minimum absolute atomic E-state index is 0.504. The van der Waals surface area contributed by atoms with Gasteiger partial charge in [-0.3, -0.25) is 0 Å². The van der Waals surface area contributed by atoms with Gasteiger partial charge in [0.1, 0.15) is 0 Å². The van der Waals surface area contributed by atoms with E-state index in [4.69, 9.17) is 0 Å². The molecule has 2 aromatic rings. The molecule has 0 saturated carbocycles. The second-order valence-electron chi connectivity index (χ2n) is 4.52. The van der Waals surface area contributed by atoms with Crippen LogP contribution in [0.1, 0.15) is 5.56 Å². The molecule has 0 aliphatic carbocycles. The summed E-state index contributed by atoms with van der Waals surface area (Å²) in [4.78, 5) is 14.8. The monoisotopic (exact) mass is 336 g/mol. The van der Waals surface area contributed by atoms with Crippen LogP contribution < -0.4 is 15.5 Å². The summed E-state index contributed by atoms with van der Waals surface area (Å²) in [5, 5.41) is 6.11. The summed E-state index contributed by atoms with van der Waals surface area (Å²) in [6.07, 6.45) is 0. The molecule has 0 spiro atoms. The van der Waals surface area contributed by atoms with E-state index in [-0.39, 0.29) is 0 Å². The molecular weight excluding hydrogens is 320 g/mol. The van der Waals surface area contributed by atoms with Crippen molar-refractivity contribution in [3.05, 3.63) is 28.2 Å². The molecule has 0 unspecified atom stereocenters. The molecule has 0 fully saturated rings. The molecule has 7 heteroatoms.